The fraction of sp³-hybridized carbons (Fsp3) is 0.469. The fourth-order valence-electron chi connectivity index (χ4n) is 5.18. The highest BCUT2D eigenvalue weighted by molar-refractivity contribution is 7.80. The molecule has 1 heterocycles. The molecule has 2 aromatic carbocycles. The van der Waals surface area contributed by atoms with E-state index in [1.165, 1.54) is 0 Å². The Morgan fingerprint density at radius 3 is 2.46 bits per heavy atom. The Bertz CT molecular complexity index is 1280. The Morgan fingerprint density at radius 1 is 1.13 bits per heavy atom. The lowest BCUT2D eigenvalue weighted by Gasteiger charge is -2.18. The molecule has 2 N–H and O–H groups in total. The van der Waals surface area contributed by atoms with E-state index in [0.29, 0.717) is 41.8 Å². The number of carbonyl (C=O) groups excluding carboxylic acids is 1. The Labute approximate surface area is 237 Å². The van der Waals surface area contributed by atoms with Crippen LogP contribution >= 0.6 is 12.6 Å². The minimum Gasteiger partial charge on any atom is -0.478 e. The fourth-order valence-corrected chi connectivity index (χ4v) is 5.50. The molecule has 0 aliphatic heterocycles. The van der Waals surface area contributed by atoms with Gasteiger partial charge in [0.25, 0.3) is 0 Å². The molecule has 1 unspecified atom stereocenters. The minimum atomic E-state index is -0.929. The predicted octanol–water partition coefficient (Wildman–Crippen LogP) is 6.72. The largest absolute Gasteiger partial charge is 0.478 e. The first-order valence-corrected chi connectivity index (χ1v) is 14.8. The molecule has 0 radical (unpaired) electrons. The van der Waals surface area contributed by atoms with Crippen LogP contribution in [0.25, 0.3) is 11.1 Å². The summed E-state index contributed by atoms with van der Waals surface area (Å²) in [4.78, 5) is 29.9. The molecule has 39 heavy (non-hydrogen) atoms. The summed E-state index contributed by atoms with van der Waals surface area (Å²) in [5, 5.41) is 12.8. The van der Waals surface area contributed by atoms with Gasteiger partial charge in [-0.15, -0.1) is 0 Å². The van der Waals surface area contributed by atoms with Crippen molar-refractivity contribution in [3.8, 4) is 11.1 Å². The van der Waals surface area contributed by atoms with Gasteiger partial charge >= 0.3 is 5.97 Å². The lowest BCUT2D eigenvalue weighted by atomic mass is 9.98. The van der Waals surface area contributed by atoms with Crippen molar-refractivity contribution in [2.24, 2.45) is 11.8 Å². The zero-order chi connectivity index (χ0) is 27.9. The van der Waals surface area contributed by atoms with Gasteiger partial charge in [-0.25, -0.2) is 9.78 Å². The molecule has 7 heteroatoms. The van der Waals surface area contributed by atoms with Crippen molar-refractivity contribution in [1.29, 1.82) is 0 Å². The lowest BCUT2D eigenvalue weighted by molar-refractivity contribution is -0.124. The van der Waals surface area contributed by atoms with Crippen molar-refractivity contribution >= 4 is 24.5 Å². The number of carboxylic acid groups (broad SMARTS) is 1. The van der Waals surface area contributed by atoms with Crippen LogP contribution in [0.4, 0.5) is 0 Å². The van der Waals surface area contributed by atoms with Crippen LogP contribution in [-0.4, -0.2) is 32.3 Å². The van der Waals surface area contributed by atoms with Crippen molar-refractivity contribution in [3.63, 3.8) is 0 Å². The molecule has 208 valence electrons. The van der Waals surface area contributed by atoms with E-state index in [4.69, 9.17) is 4.98 Å². The summed E-state index contributed by atoms with van der Waals surface area (Å²) in [7, 11) is 0. The van der Waals surface area contributed by atoms with Crippen LogP contribution in [0.15, 0.2) is 48.5 Å². The zero-order valence-electron chi connectivity index (χ0n) is 23.3. The smallest absolute Gasteiger partial charge is 0.336 e. The van der Waals surface area contributed by atoms with E-state index in [9.17, 15) is 14.7 Å². The van der Waals surface area contributed by atoms with E-state index >= 15 is 0 Å². The quantitative estimate of drug-likeness (QED) is 0.196. The van der Waals surface area contributed by atoms with E-state index in [2.05, 4.69) is 55.4 Å². The highest BCUT2D eigenvalue weighted by Gasteiger charge is 2.32. The highest BCUT2D eigenvalue weighted by Crippen LogP contribution is 2.41. The van der Waals surface area contributed by atoms with E-state index in [0.717, 1.165) is 66.9 Å². The average Bonchev–Trinajstić information content (AvgIpc) is 3.72. The van der Waals surface area contributed by atoms with E-state index < -0.39 is 5.97 Å². The number of aryl methyl sites for hydroxylation is 1. The Balaban J connectivity index is 1.61. The molecule has 1 aliphatic carbocycles. The van der Waals surface area contributed by atoms with Crippen LogP contribution in [0.1, 0.15) is 91.9 Å². The molecule has 1 amide bonds. The number of hydrogen-bond acceptors (Lipinski definition) is 4. The van der Waals surface area contributed by atoms with Gasteiger partial charge in [-0.3, -0.25) is 4.79 Å². The van der Waals surface area contributed by atoms with Gasteiger partial charge < -0.3 is 15.0 Å². The van der Waals surface area contributed by atoms with Gasteiger partial charge in [0, 0.05) is 30.6 Å². The molecular formula is C32H41N3O3S. The SMILES string of the molecule is CCCCc1nc(C2CC2)c(CNC(=O)C(CS)CC(C)C)n1Cc1ccc(-c2ccccc2C(=O)O)cc1. The molecule has 1 saturated carbocycles. The first-order chi connectivity index (χ1) is 18.8. The number of thiol groups is 1. The standard InChI is InChI=1S/C32H41N3O3S/c1-4-5-10-29-34-30(24-15-16-24)28(18-33-31(36)25(20-39)17-21(2)3)35(29)19-22-11-13-23(14-12-22)26-8-6-7-9-27(26)32(37)38/h6-9,11-14,21,24-25,39H,4-5,10,15-20H2,1-3H3,(H,33,36)(H,37,38). The average molecular weight is 548 g/mol. The van der Waals surface area contributed by atoms with Crippen molar-refractivity contribution < 1.29 is 14.7 Å². The van der Waals surface area contributed by atoms with Crippen LogP contribution in [0, 0.1) is 11.8 Å². The number of rotatable bonds is 14. The van der Waals surface area contributed by atoms with Crippen LogP contribution < -0.4 is 5.32 Å². The Hall–Kier alpha value is -3.06. The second-order valence-electron chi connectivity index (χ2n) is 11.1. The summed E-state index contributed by atoms with van der Waals surface area (Å²) < 4.78 is 2.31. The molecule has 0 spiro atoms. The van der Waals surface area contributed by atoms with Crippen LogP contribution in [-0.2, 0) is 24.3 Å². The van der Waals surface area contributed by atoms with Crippen molar-refractivity contribution in [2.45, 2.75) is 78.3 Å². The normalized spacial score (nSPS) is 14.0. The predicted molar refractivity (Wildman–Crippen MR) is 159 cm³/mol. The van der Waals surface area contributed by atoms with Crippen LogP contribution in [0.3, 0.4) is 0 Å². The highest BCUT2D eigenvalue weighted by atomic mass is 32.1. The van der Waals surface area contributed by atoms with Crippen LogP contribution in [0.5, 0.6) is 0 Å². The molecule has 0 saturated heterocycles. The lowest BCUT2D eigenvalue weighted by Crippen LogP contribution is -2.33. The third-order valence-corrected chi connectivity index (χ3v) is 7.88. The third kappa shape index (κ3) is 7.33. The summed E-state index contributed by atoms with van der Waals surface area (Å²) in [5.41, 5.74) is 5.25. The minimum absolute atomic E-state index is 0.0600. The molecule has 1 aliphatic rings. The van der Waals surface area contributed by atoms with Crippen molar-refractivity contribution in [2.75, 3.05) is 5.75 Å². The maximum atomic E-state index is 13.0. The number of carbonyl (C=O) groups is 2. The topological polar surface area (TPSA) is 84.2 Å². The number of hydrogen-bond donors (Lipinski definition) is 3. The first-order valence-electron chi connectivity index (χ1n) is 14.2. The van der Waals surface area contributed by atoms with Gasteiger partial charge in [0.2, 0.25) is 5.91 Å². The van der Waals surface area contributed by atoms with Gasteiger partial charge in [0.1, 0.15) is 5.82 Å². The third-order valence-electron chi connectivity index (χ3n) is 7.44. The molecule has 1 aromatic heterocycles. The summed E-state index contributed by atoms with van der Waals surface area (Å²) in [5.74, 6) is 1.56. The van der Waals surface area contributed by atoms with Gasteiger partial charge in [-0.1, -0.05) is 69.7 Å². The van der Waals surface area contributed by atoms with Gasteiger partial charge in [0.15, 0.2) is 0 Å². The van der Waals surface area contributed by atoms with Crippen molar-refractivity contribution in [3.05, 3.63) is 76.9 Å². The number of imidazole rings is 1. The summed E-state index contributed by atoms with van der Waals surface area (Å²) in [6.45, 7) is 7.59. The molecule has 1 fully saturated rings. The number of amides is 1. The number of nitrogens with zero attached hydrogens (tertiary/aromatic N) is 2. The monoisotopic (exact) mass is 547 g/mol. The van der Waals surface area contributed by atoms with Gasteiger partial charge in [-0.2, -0.15) is 12.6 Å². The van der Waals surface area contributed by atoms with E-state index in [1.54, 1.807) is 12.1 Å². The van der Waals surface area contributed by atoms with E-state index in [1.807, 2.05) is 24.3 Å². The van der Waals surface area contributed by atoms with Crippen molar-refractivity contribution in [1.82, 2.24) is 14.9 Å². The van der Waals surface area contributed by atoms with Gasteiger partial charge in [0.05, 0.1) is 23.5 Å². The number of unbranched alkanes of at least 4 members (excludes halogenated alkanes) is 1. The number of aromatic carboxylic acids is 1. The molecule has 6 nitrogen and oxygen atoms in total. The number of benzene rings is 2. The molecule has 1 atom stereocenters. The molecule has 0 bridgehead atoms. The second-order valence-corrected chi connectivity index (χ2v) is 11.5. The first kappa shape index (κ1) is 28.9. The number of aromatic nitrogens is 2. The number of carboxylic acids is 1. The second kappa shape index (κ2) is 13.3. The summed E-state index contributed by atoms with van der Waals surface area (Å²) >= 11 is 4.44. The van der Waals surface area contributed by atoms with Crippen LogP contribution in [0.2, 0.25) is 0 Å². The summed E-state index contributed by atoms with van der Waals surface area (Å²) in [6.07, 6.45) is 6.18. The maximum Gasteiger partial charge on any atom is 0.336 e. The number of nitrogens with one attached hydrogen (secondary N) is 1. The molecule has 3 aromatic rings. The van der Waals surface area contributed by atoms with Gasteiger partial charge in [-0.05, 0) is 54.4 Å². The summed E-state index contributed by atoms with van der Waals surface area (Å²) in [6, 6.07) is 15.2. The molecule has 4 rings (SSSR count). The Morgan fingerprint density at radius 2 is 1.85 bits per heavy atom. The van der Waals surface area contributed by atoms with E-state index in [-0.39, 0.29) is 11.8 Å². The Kier molecular flexibility index (Phi) is 9.89. The maximum absolute atomic E-state index is 13.0. The zero-order valence-corrected chi connectivity index (χ0v) is 24.2. The molecular weight excluding hydrogens is 506 g/mol.